The molecular formula is C15H10F2O4. The Hall–Kier alpha value is -2.76. The SMILES string of the molecule is COC(=O)c1ccc(OC(=O)c2cccc(F)c2F)cc1. The number of hydrogen-bond donors (Lipinski definition) is 0. The Balaban J connectivity index is 2.16. The Morgan fingerprint density at radius 3 is 2.24 bits per heavy atom. The lowest BCUT2D eigenvalue weighted by molar-refractivity contribution is 0.0600. The van der Waals surface area contributed by atoms with Crippen molar-refractivity contribution in [3.63, 3.8) is 0 Å². The van der Waals surface area contributed by atoms with Crippen molar-refractivity contribution in [3.8, 4) is 5.75 Å². The zero-order valence-electron chi connectivity index (χ0n) is 10.9. The Morgan fingerprint density at radius 2 is 1.62 bits per heavy atom. The molecule has 21 heavy (non-hydrogen) atoms. The van der Waals surface area contributed by atoms with Gasteiger partial charge in [0.2, 0.25) is 0 Å². The molecule has 4 nitrogen and oxygen atoms in total. The van der Waals surface area contributed by atoms with Crippen molar-refractivity contribution in [2.45, 2.75) is 0 Å². The molecule has 0 N–H and O–H groups in total. The van der Waals surface area contributed by atoms with Crippen LogP contribution in [-0.2, 0) is 4.74 Å². The van der Waals surface area contributed by atoms with Gasteiger partial charge in [-0.15, -0.1) is 0 Å². The van der Waals surface area contributed by atoms with Crippen LogP contribution in [0.5, 0.6) is 5.75 Å². The van der Waals surface area contributed by atoms with Crippen molar-refractivity contribution in [1.82, 2.24) is 0 Å². The van der Waals surface area contributed by atoms with Gasteiger partial charge >= 0.3 is 11.9 Å². The molecule has 0 aliphatic rings. The minimum atomic E-state index is -1.27. The summed E-state index contributed by atoms with van der Waals surface area (Å²) < 4.78 is 35.9. The number of benzene rings is 2. The summed E-state index contributed by atoms with van der Waals surface area (Å²) in [5, 5.41) is 0. The first-order valence-electron chi connectivity index (χ1n) is 5.87. The minimum absolute atomic E-state index is 0.0938. The quantitative estimate of drug-likeness (QED) is 0.644. The molecule has 0 atom stereocenters. The second kappa shape index (κ2) is 6.13. The predicted octanol–water partition coefficient (Wildman–Crippen LogP) is 2.97. The lowest BCUT2D eigenvalue weighted by atomic mass is 10.2. The number of ether oxygens (including phenoxy) is 2. The van der Waals surface area contributed by atoms with Gasteiger partial charge in [0.15, 0.2) is 11.6 Å². The van der Waals surface area contributed by atoms with E-state index in [9.17, 15) is 18.4 Å². The summed E-state index contributed by atoms with van der Waals surface area (Å²) in [6.45, 7) is 0. The molecule has 2 aromatic rings. The molecule has 0 spiro atoms. The van der Waals surface area contributed by atoms with E-state index in [1.54, 1.807) is 0 Å². The third kappa shape index (κ3) is 3.22. The van der Waals surface area contributed by atoms with E-state index in [1.165, 1.54) is 37.4 Å². The molecule has 0 radical (unpaired) electrons. The standard InChI is InChI=1S/C15H10F2O4/c1-20-14(18)9-5-7-10(8-6-9)21-15(19)11-3-2-4-12(16)13(11)17/h2-8H,1H3. The number of carbonyl (C=O) groups is 2. The molecule has 0 aromatic heterocycles. The largest absolute Gasteiger partial charge is 0.465 e. The number of hydrogen-bond acceptors (Lipinski definition) is 4. The molecular weight excluding hydrogens is 282 g/mol. The maximum Gasteiger partial charge on any atom is 0.346 e. The van der Waals surface area contributed by atoms with Gasteiger partial charge in [0.25, 0.3) is 0 Å². The van der Waals surface area contributed by atoms with E-state index in [-0.39, 0.29) is 11.3 Å². The van der Waals surface area contributed by atoms with Crippen LogP contribution >= 0.6 is 0 Å². The molecule has 0 heterocycles. The molecule has 0 aliphatic carbocycles. The highest BCUT2D eigenvalue weighted by molar-refractivity contribution is 5.92. The molecule has 6 heteroatoms. The van der Waals surface area contributed by atoms with Crippen LogP contribution in [0.2, 0.25) is 0 Å². The van der Waals surface area contributed by atoms with E-state index >= 15 is 0 Å². The zero-order valence-corrected chi connectivity index (χ0v) is 10.9. The van der Waals surface area contributed by atoms with Crippen molar-refractivity contribution in [2.24, 2.45) is 0 Å². The van der Waals surface area contributed by atoms with Crippen LogP contribution in [0.15, 0.2) is 42.5 Å². The smallest absolute Gasteiger partial charge is 0.346 e. The molecule has 0 aliphatic heterocycles. The molecule has 0 saturated heterocycles. The van der Waals surface area contributed by atoms with Crippen molar-refractivity contribution >= 4 is 11.9 Å². The van der Waals surface area contributed by atoms with E-state index in [1.807, 2.05) is 0 Å². The Kier molecular flexibility index (Phi) is 4.27. The van der Waals surface area contributed by atoms with Crippen molar-refractivity contribution < 1.29 is 27.8 Å². The van der Waals surface area contributed by atoms with Gasteiger partial charge in [-0.1, -0.05) is 6.07 Å². The van der Waals surface area contributed by atoms with Crippen LogP contribution in [0.3, 0.4) is 0 Å². The average molecular weight is 292 g/mol. The second-order valence-electron chi connectivity index (χ2n) is 4.01. The normalized spacial score (nSPS) is 10.0. The Morgan fingerprint density at radius 1 is 0.952 bits per heavy atom. The molecule has 0 fully saturated rings. The highest BCUT2D eigenvalue weighted by Gasteiger charge is 2.17. The van der Waals surface area contributed by atoms with Crippen LogP contribution < -0.4 is 4.74 Å². The number of esters is 2. The molecule has 0 saturated carbocycles. The zero-order chi connectivity index (χ0) is 15.4. The first-order valence-corrected chi connectivity index (χ1v) is 5.87. The lowest BCUT2D eigenvalue weighted by Gasteiger charge is -2.06. The summed E-state index contributed by atoms with van der Waals surface area (Å²) in [5.74, 6) is -3.88. The van der Waals surface area contributed by atoms with Crippen LogP contribution in [0.4, 0.5) is 8.78 Å². The van der Waals surface area contributed by atoms with Crippen molar-refractivity contribution in [2.75, 3.05) is 7.11 Å². The Labute approximate surface area is 118 Å². The van der Waals surface area contributed by atoms with Gasteiger partial charge < -0.3 is 9.47 Å². The maximum atomic E-state index is 13.4. The fraction of sp³-hybridized carbons (Fsp3) is 0.0667. The summed E-state index contributed by atoms with van der Waals surface area (Å²) in [6, 6.07) is 8.69. The third-order valence-electron chi connectivity index (χ3n) is 2.66. The van der Waals surface area contributed by atoms with Gasteiger partial charge in [0, 0.05) is 0 Å². The first kappa shape index (κ1) is 14.6. The van der Waals surface area contributed by atoms with E-state index in [4.69, 9.17) is 4.74 Å². The maximum absolute atomic E-state index is 13.4. The second-order valence-corrected chi connectivity index (χ2v) is 4.01. The van der Waals surface area contributed by atoms with Gasteiger partial charge in [-0.05, 0) is 36.4 Å². The fourth-order valence-corrected chi connectivity index (χ4v) is 1.60. The van der Waals surface area contributed by atoms with Gasteiger partial charge in [-0.3, -0.25) is 0 Å². The number of methoxy groups -OCH3 is 1. The molecule has 0 amide bonds. The number of rotatable bonds is 3. The molecule has 0 unspecified atom stereocenters. The van der Waals surface area contributed by atoms with Crippen molar-refractivity contribution in [1.29, 1.82) is 0 Å². The molecule has 108 valence electrons. The lowest BCUT2D eigenvalue weighted by Crippen LogP contribution is -2.11. The van der Waals surface area contributed by atoms with Gasteiger partial charge in [0.05, 0.1) is 18.2 Å². The monoisotopic (exact) mass is 292 g/mol. The molecule has 2 aromatic carbocycles. The van der Waals surface area contributed by atoms with E-state index in [0.717, 1.165) is 12.1 Å². The van der Waals surface area contributed by atoms with Crippen LogP contribution in [-0.4, -0.2) is 19.0 Å². The van der Waals surface area contributed by atoms with Gasteiger partial charge in [-0.25, -0.2) is 18.4 Å². The first-order chi connectivity index (χ1) is 10.0. The summed E-state index contributed by atoms with van der Waals surface area (Å²) in [4.78, 5) is 23.0. The van der Waals surface area contributed by atoms with Crippen molar-refractivity contribution in [3.05, 3.63) is 65.2 Å². The predicted molar refractivity (Wildman–Crippen MR) is 69.1 cm³/mol. The van der Waals surface area contributed by atoms with Crippen LogP contribution in [0.25, 0.3) is 0 Å². The Bertz CT molecular complexity index is 681. The summed E-state index contributed by atoms with van der Waals surface area (Å²) in [7, 11) is 1.24. The molecule has 2 rings (SSSR count). The van der Waals surface area contributed by atoms with E-state index in [2.05, 4.69) is 4.74 Å². The highest BCUT2D eigenvalue weighted by atomic mass is 19.2. The van der Waals surface area contributed by atoms with Crippen LogP contribution in [0, 0.1) is 11.6 Å². The minimum Gasteiger partial charge on any atom is -0.465 e. The number of halogens is 2. The topological polar surface area (TPSA) is 52.6 Å². The third-order valence-corrected chi connectivity index (χ3v) is 2.66. The van der Waals surface area contributed by atoms with E-state index < -0.39 is 29.1 Å². The highest BCUT2D eigenvalue weighted by Crippen LogP contribution is 2.17. The average Bonchev–Trinajstić information content (AvgIpc) is 2.50. The summed E-state index contributed by atoms with van der Waals surface area (Å²) in [5.41, 5.74) is -0.235. The van der Waals surface area contributed by atoms with Gasteiger partial charge in [0.1, 0.15) is 5.75 Å². The fourth-order valence-electron chi connectivity index (χ4n) is 1.60. The van der Waals surface area contributed by atoms with E-state index in [0.29, 0.717) is 0 Å². The molecule has 0 bridgehead atoms. The summed E-state index contributed by atoms with van der Waals surface area (Å²) >= 11 is 0. The van der Waals surface area contributed by atoms with Gasteiger partial charge in [-0.2, -0.15) is 0 Å². The van der Waals surface area contributed by atoms with Crippen LogP contribution in [0.1, 0.15) is 20.7 Å². The number of carbonyl (C=O) groups excluding carboxylic acids is 2. The summed E-state index contributed by atoms with van der Waals surface area (Å²) in [6.07, 6.45) is 0.